The standard InChI is InChI=1S/C14H8Cl2FN/c15-10-5-8-6-14(18-13(8)7-11(10)16)9-3-1-2-4-12(9)17/h1-7,18H. The molecule has 0 amide bonds. The summed E-state index contributed by atoms with van der Waals surface area (Å²) in [6.07, 6.45) is 0. The number of H-pyrrole nitrogens is 1. The van der Waals surface area contributed by atoms with Crippen molar-refractivity contribution in [2.45, 2.75) is 0 Å². The average Bonchev–Trinajstić information content (AvgIpc) is 2.73. The zero-order chi connectivity index (χ0) is 12.7. The molecule has 0 spiro atoms. The maximum atomic E-state index is 13.7. The number of halogens is 3. The van der Waals surface area contributed by atoms with Gasteiger partial charge in [0.2, 0.25) is 0 Å². The lowest BCUT2D eigenvalue weighted by atomic mass is 10.1. The van der Waals surface area contributed by atoms with Gasteiger partial charge in [-0.1, -0.05) is 35.3 Å². The molecule has 0 fully saturated rings. The van der Waals surface area contributed by atoms with Crippen LogP contribution < -0.4 is 0 Å². The maximum Gasteiger partial charge on any atom is 0.132 e. The number of fused-ring (bicyclic) bond motifs is 1. The molecule has 0 saturated carbocycles. The monoisotopic (exact) mass is 279 g/mol. The van der Waals surface area contributed by atoms with Crippen molar-refractivity contribution in [3.8, 4) is 11.3 Å². The molecule has 0 atom stereocenters. The van der Waals surface area contributed by atoms with Crippen LogP contribution in [0.2, 0.25) is 10.0 Å². The van der Waals surface area contributed by atoms with Crippen molar-refractivity contribution in [3.63, 3.8) is 0 Å². The lowest BCUT2D eigenvalue weighted by Gasteiger charge is -1.98. The normalized spacial score (nSPS) is 11.1. The topological polar surface area (TPSA) is 15.8 Å². The van der Waals surface area contributed by atoms with Crippen molar-refractivity contribution in [3.05, 3.63) is 58.3 Å². The number of nitrogens with one attached hydrogen (secondary N) is 1. The Morgan fingerprint density at radius 1 is 0.944 bits per heavy atom. The second-order valence-electron chi connectivity index (χ2n) is 4.02. The van der Waals surface area contributed by atoms with Gasteiger partial charge in [-0.3, -0.25) is 0 Å². The second-order valence-corrected chi connectivity index (χ2v) is 4.83. The van der Waals surface area contributed by atoms with E-state index in [0.29, 0.717) is 21.3 Å². The smallest absolute Gasteiger partial charge is 0.132 e. The van der Waals surface area contributed by atoms with Crippen LogP contribution in [-0.2, 0) is 0 Å². The van der Waals surface area contributed by atoms with Gasteiger partial charge in [-0.2, -0.15) is 0 Å². The molecule has 2 aromatic carbocycles. The van der Waals surface area contributed by atoms with Crippen LogP contribution in [0.4, 0.5) is 4.39 Å². The van der Waals surface area contributed by atoms with Crippen LogP contribution in [0, 0.1) is 5.82 Å². The number of rotatable bonds is 1. The van der Waals surface area contributed by atoms with Gasteiger partial charge in [-0.15, -0.1) is 0 Å². The van der Waals surface area contributed by atoms with E-state index < -0.39 is 0 Å². The third-order valence-corrected chi connectivity index (χ3v) is 3.55. The quantitative estimate of drug-likeness (QED) is 0.624. The number of benzene rings is 2. The van der Waals surface area contributed by atoms with Crippen LogP contribution in [0.5, 0.6) is 0 Å². The summed E-state index contributed by atoms with van der Waals surface area (Å²) in [5.74, 6) is -0.263. The fourth-order valence-corrected chi connectivity index (χ4v) is 2.29. The SMILES string of the molecule is Fc1ccccc1-c1cc2cc(Cl)c(Cl)cc2[nH]1. The van der Waals surface area contributed by atoms with Crippen molar-refractivity contribution in [2.75, 3.05) is 0 Å². The van der Waals surface area contributed by atoms with Crippen molar-refractivity contribution in [1.82, 2.24) is 4.98 Å². The molecule has 90 valence electrons. The highest BCUT2D eigenvalue weighted by molar-refractivity contribution is 6.42. The number of hydrogen-bond donors (Lipinski definition) is 1. The predicted molar refractivity (Wildman–Crippen MR) is 73.7 cm³/mol. The number of hydrogen-bond acceptors (Lipinski definition) is 0. The average molecular weight is 280 g/mol. The van der Waals surface area contributed by atoms with Crippen LogP contribution in [0.1, 0.15) is 0 Å². The van der Waals surface area contributed by atoms with E-state index in [0.717, 1.165) is 10.9 Å². The molecular weight excluding hydrogens is 272 g/mol. The zero-order valence-electron chi connectivity index (χ0n) is 9.18. The molecule has 1 N–H and O–H groups in total. The van der Waals surface area contributed by atoms with Gasteiger partial charge in [-0.05, 0) is 30.3 Å². The summed E-state index contributed by atoms with van der Waals surface area (Å²) in [5.41, 5.74) is 2.07. The molecular formula is C14H8Cl2FN. The summed E-state index contributed by atoms with van der Waals surface area (Å²) in [6.45, 7) is 0. The van der Waals surface area contributed by atoms with E-state index in [9.17, 15) is 4.39 Å². The first kappa shape index (κ1) is 11.6. The molecule has 1 nitrogen and oxygen atoms in total. The fraction of sp³-hybridized carbons (Fsp3) is 0. The molecule has 0 aliphatic rings. The molecule has 3 aromatic rings. The van der Waals surface area contributed by atoms with E-state index in [1.165, 1.54) is 6.07 Å². The first-order valence-electron chi connectivity index (χ1n) is 5.38. The van der Waals surface area contributed by atoms with E-state index in [4.69, 9.17) is 23.2 Å². The molecule has 0 saturated heterocycles. The van der Waals surface area contributed by atoms with Gasteiger partial charge in [0, 0.05) is 22.2 Å². The van der Waals surface area contributed by atoms with Crippen LogP contribution >= 0.6 is 23.2 Å². The molecule has 0 aliphatic carbocycles. The van der Waals surface area contributed by atoms with Crippen molar-refractivity contribution >= 4 is 34.1 Å². The Morgan fingerprint density at radius 2 is 1.67 bits per heavy atom. The molecule has 0 unspecified atom stereocenters. The fourth-order valence-electron chi connectivity index (χ4n) is 1.95. The number of aromatic amines is 1. The molecule has 18 heavy (non-hydrogen) atoms. The van der Waals surface area contributed by atoms with Crippen LogP contribution in [0.15, 0.2) is 42.5 Å². The third kappa shape index (κ3) is 1.88. The minimum Gasteiger partial charge on any atom is -0.354 e. The summed E-state index contributed by atoms with van der Waals surface area (Å²) in [7, 11) is 0. The van der Waals surface area contributed by atoms with E-state index in [-0.39, 0.29) is 5.82 Å². The molecule has 0 aliphatic heterocycles. The molecule has 4 heteroatoms. The summed E-state index contributed by atoms with van der Waals surface area (Å²) in [4.78, 5) is 3.14. The zero-order valence-corrected chi connectivity index (χ0v) is 10.7. The van der Waals surface area contributed by atoms with Gasteiger partial charge < -0.3 is 4.98 Å². The Morgan fingerprint density at radius 3 is 2.44 bits per heavy atom. The highest BCUT2D eigenvalue weighted by Gasteiger charge is 2.09. The minimum absolute atomic E-state index is 0.263. The lowest BCUT2D eigenvalue weighted by molar-refractivity contribution is 0.631. The largest absolute Gasteiger partial charge is 0.354 e. The van der Waals surface area contributed by atoms with E-state index >= 15 is 0 Å². The Balaban J connectivity index is 2.23. The molecule has 1 aromatic heterocycles. The highest BCUT2D eigenvalue weighted by Crippen LogP contribution is 2.31. The highest BCUT2D eigenvalue weighted by atomic mass is 35.5. The maximum absolute atomic E-state index is 13.7. The Labute approximate surface area is 113 Å². The summed E-state index contributed by atoms with van der Waals surface area (Å²) in [6, 6.07) is 12.0. The number of aromatic nitrogens is 1. The molecule has 0 bridgehead atoms. The Kier molecular flexibility index (Phi) is 2.77. The van der Waals surface area contributed by atoms with Gasteiger partial charge in [0.1, 0.15) is 5.82 Å². The minimum atomic E-state index is -0.263. The van der Waals surface area contributed by atoms with Gasteiger partial charge in [-0.25, -0.2) is 4.39 Å². The van der Waals surface area contributed by atoms with E-state index in [2.05, 4.69) is 4.98 Å². The molecule has 3 rings (SSSR count). The van der Waals surface area contributed by atoms with Gasteiger partial charge in [0.05, 0.1) is 10.0 Å². The summed E-state index contributed by atoms with van der Waals surface area (Å²) < 4.78 is 13.7. The van der Waals surface area contributed by atoms with Crippen LogP contribution in [-0.4, -0.2) is 4.98 Å². The van der Waals surface area contributed by atoms with Gasteiger partial charge in [0.15, 0.2) is 0 Å². The first-order valence-corrected chi connectivity index (χ1v) is 6.13. The summed E-state index contributed by atoms with van der Waals surface area (Å²) in [5, 5.41) is 1.87. The van der Waals surface area contributed by atoms with Crippen LogP contribution in [0.3, 0.4) is 0 Å². The van der Waals surface area contributed by atoms with E-state index in [1.54, 1.807) is 30.3 Å². The van der Waals surface area contributed by atoms with Gasteiger partial charge >= 0.3 is 0 Å². The van der Waals surface area contributed by atoms with Gasteiger partial charge in [0.25, 0.3) is 0 Å². The second kappa shape index (κ2) is 4.30. The lowest BCUT2D eigenvalue weighted by Crippen LogP contribution is -1.82. The van der Waals surface area contributed by atoms with E-state index in [1.807, 2.05) is 6.07 Å². The third-order valence-electron chi connectivity index (χ3n) is 2.83. The molecule has 1 heterocycles. The summed E-state index contributed by atoms with van der Waals surface area (Å²) >= 11 is 11.9. The first-order chi connectivity index (χ1) is 8.65. The Bertz CT molecular complexity index is 695. The molecule has 0 radical (unpaired) electrons. The van der Waals surface area contributed by atoms with Crippen molar-refractivity contribution in [1.29, 1.82) is 0 Å². The van der Waals surface area contributed by atoms with Crippen molar-refractivity contribution in [2.24, 2.45) is 0 Å². The van der Waals surface area contributed by atoms with Crippen molar-refractivity contribution < 1.29 is 4.39 Å². The van der Waals surface area contributed by atoms with Crippen LogP contribution in [0.25, 0.3) is 22.2 Å². The Hall–Kier alpha value is -1.51. The predicted octanol–water partition coefficient (Wildman–Crippen LogP) is 5.28.